The van der Waals surface area contributed by atoms with E-state index in [0.717, 1.165) is 19.4 Å². The van der Waals surface area contributed by atoms with Crippen molar-refractivity contribution in [2.75, 3.05) is 13.7 Å². The first-order valence-corrected chi connectivity index (χ1v) is 8.98. The molecule has 0 radical (unpaired) electrons. The van der Waals surface area contributed by atoms with E-state index in [1.54, 1.807) is 6.07 Å². The smallest absolute Gasteiger partial charge is 0.258 e. The molecule has 0 bridgehead atoms. The maximum absolute atomic E-state index is 14.2. The molecule has 1 aliphatic carbocycles. The Morgan fingerprint density at radius 3 is 2.81 bits per heavy atom. The van der Waals surface area contributed by atoms with Crippen LogP contribution < -0.4 is 10.1 Å². The third-order valence-corrected chi connectivity index (χ3v) is 5.56. The topological polar surface area (TPSA) is 47.6 Å². The Balaban J connectivity index is 1.53. The van der Waals surface area contributed by atoms with Gasteiger partial charge in [-0.05, 0) is 30.5 Å². The summed E-state index contributed by atoms with van der Waals surface area (Å²) < 4.78 is 25.2. The van der Waals surface area contributed by atoms with Crippen LogP contribution in [0.2, 0.25) is 0 Å². The predicted molar refractivity (Wildman–Crippen MR) is 95.7 cm³/mol. The summed E-state index contributed by atoms with van der Waals surface area (Å²) in [6.45, 7) is 0.718. The summed E-state index contributed by atoms with van der Waals surface area (Å²) in [5.74, 6) is -0.244. The number of nitrogens with one attached hydrogen (secondary N) is 1. The minimum atomic E-state index is -0.569. The van der Waals surface area contributed by atoms with Crippen molar-refractivity contribution in [2.45, 2.75) is 25.0 Å². The summed E-state index contributed by atoms with van der Waals surface area (Å²) in [7, 11) is 1.44. The minimum absolute atomic E-state index is 0.0143. The molecule has 4 rings (SSSR count). The highest BCUT2D eigenvalue weighted by Crippen LogP contribution is 2.45. The number of halogens is 1. The SMILES string of the molecule is COc1cccc(F)c1C(=O)N[C@@H]1[C@@H](Cc2ccccc2)[C@H]2OCC[C@@H]12. The number of hydrogen-bond acceptors (Lipinski definition) is 3. The van der Waals surface area contributed by atoms with Crippen molar-refractivity contribution in [1.82, 2.24) is 5.32 Å². The molecule has 1 saturated heterocycles. The third-order valence-electron chi connectivity index (χ3n) is 5.56. The van der Waals surface area contributed by atoms with E-state index in [2.05, 4.69) is 17.4 Å². The van der Waals surface area contributed by atoms with E-state index in [9.17, 15) is 9.18 Å². The second-order valence-electron chi connectivity index (χ2n) is 6.96. The Hall–Kier alpha value is -2.40. The van der Waals surface area contributed by atoms with Gasteiger partial charge in [0.05, 0.1) is 13.2 Å². The number of ether oxygens (including phenoxy) is 2. The van der Waals surface area contributed by atoms with Crippen LogP contribution in [0.25, 0.3) is 0 Å². The molecule has 26 heavy (non-hydrogen) atoms. The fourth-order valence-corrected chi connectivity index (χ4v) is 4.29. The number of methoxy groups -OCH3 is 1. The Kier molecular flexibility index (Phi) is 4.64. The quantitative estimate of drug-likeness (QED) is 0.896. The maximum atomic E-state index is 14.2. The van der Waals surface area contributed by atoms with Crippen LogP contribution in [0, 0.1) is 17.7 Å². The fraction of sp³-hybridized carbons (Fsp3) is 0.381. The molecule has 136 valence electrons. The van der Waals surface area contributed by atoms with Crippen molar-refractivity contribution in [3.8, 4) is 5.75 Å². The molecule has 2 fully saturated rings. The van der Waals surface area contributed by atoms with Crippen LogP contribution in [0.1, 0.15) is 22.3 Å². The maximum Gasteiger partial charge on any atom is 0.258 e. The number of benzene rings is 2. The van der Waals surface area contributed by atoms with Crippen LogP contribution in [-0.2, 0) is 11.2 Å². The van der Waals surface area contributed by atoms with Crippen molar-refractivity contribution in [3.63, 3.8) is 0 Å². The first kappa shape index (κ1) is 17.0. The number of fused-ring (bicyclic) bond motifs is 1. The molecule has 1 amide bonds. The first-order valence-electron chi connectivity index (χ1n) is 8.98. The van der Waals surface area contributed by atoms with Gasteiger partial charge in [-0.3, -0.25) is 4.79 Å². The van der Waals surface area contributed by atoms with Gasteiger partial charge in [0.25, 0.3) is 5.91 Å². The average Bonchev–Trinajstić information content (AvgIpc) is 3.09. The van der Waals surface area contributed by atoms with E-state index in [1.807, 2.05) is 18.2 Å². The molecule has 4 nitrogen and oxygen atoms in total. The zero-order chi connectivity index (χ0) is 18.1. The van der Waals surface area contributed by atoms with Gasteiger partial charge in [0, 0.05) is 24.5 Å². The summed E-state index contributed by atoms with van der Waals surface area (Å²) in [5, 5.41) is 3.05. The third kappa shape index (κ3) is 2.97. The van der Waals surface area contributed by atoms with Crippen LogP contribution >= 0.6 is 0 Å². The number of rotatable bonds is 5. The lowest BCUT2D eigenvalue weighted by molar-refractivity contribution is -0.0528. The standard InChI is InChI=1S/C21H22FNO3/c1-25-17-9-5-8-16(22)18(17)21(24)23-19-14-10-11-26-20(14)15(19)12-13-6-3-2-4-7-13/h2-9,14-15,19-20H,10-12H2,1H3,(H,23,24)/t14-,15+,19-,20-/m0/s1. The van der Waals surface area contributed by atoms with Gasteiger partial charge >= 0.3 is 0 Å². The van der Waals surface area contributed by atoms with E-state index in [1.165, 1.54) is 24.8 Å². The van der Waals surface area contributed by atoms with Gasteiger partial charge in [-0.1, -0.05) is 36.4 Å². The van der Waals surface area contributed by atoms with Crippen LogP contribution in [-0.4, -0.2) is 31.8 Å². The van der Waals surface area contributed by atoms with Crippen LogP contribution in [0.4, 0.5) is 4.39 Å². The summed E-state index contributed by atoms with van der Waals surface area (Å²) >= 11 is 0. The number of carbonyl (C=O) groups is 1. The van der Waals surface area contributed by atoms with Gasteiger partial charge in [0.1, 0.15) is 17.1 Å². The highest BCUT2D eigenvalue weighted by molar-refractivity contribution is 5.97. The molecular formula is C21H22FNO3. The summed E-state index contributed by atoms with van der Waals surface area (Å²) in [5.41, 5.74) is 1.19. The highest BCUT2D eigenvalue weighted by atomic mass is 19.1. The van der Waals surface area contributed by atoms with Gasteiger partial charge in [-0.15, -0.1) is 0 Å². The van der Waals surface area contributed by atoms with Crippen molar-refractivity contribution >= 4 is 5.91 Å². The summed E-state index contributed by atoms with van der Waals surface area (Å²) in [4.78, 5) is 12.8. The summed E-state index contributed by atoms with van der Waals surface area (Å²) in [6.07, 6.45) is 1.93. The molecule has 0 aromatic heterocycles. The Bertz CT molecular complexity index is 795. The normalized spacial score (nSPS) is 26.7. The van der Waals surface area contributed by atoms with Crippen molar-refractivity contribution in [2.24, 2.45) is 11.8 Å². The largest absolute Gasteiger partial charge is 0.496 e. The second kappa shape index (κ2) is 7.08. The van der Waals surface area contributed by atoms with Gasteiger partial charge < -0.3 is 14.8 Å². The molecule has 1 saturated carbocycles. The van der Waals surface area contributed by atoms with Crippen molar-refractivity contribution in [1.29, 1.82) is 0 Å². The molecule has 0 spiro atoms. The van der Waals surface area contributed by atoms with E-state index in [4.69, 9.17) is 9.47 Å². The minimum Gasteiger partial charge on any atom is -0.496 e. The molecule has 1 N–H and O–H groups in total. The monoisotopic (exact) mass is 355 g/mol. The lowest BCUT2D eigenvalue weighted by Crippen LogP contribution is -2.62. The molecular weight excluding hydrogens is 333 g/mol. The van der Waals surface area contributed by atoms with E-state index < -0.39 is 11.7 Å². The van der Waals surface area contributed by atoms with Crippen molar-refractivity contribution in [3.05, 3.63) is 65.5 Å². The Labute approximate surface area is 152 Å². The van der Waals surface area contributed by atoms with Gasteiger partial charge in [-0.2, -0.15) is 0 Å². The predicted octanol–water partition coefficient (Wildman–Crippen LogP) is 3.21. The number of carbonyl (C=O) groups excluding carboxylic acids is 1. The van der Waals surface area contributed by atoms with E-state index >= 15 is 0 Å². The molecule has 4 atom stereocenters. The van der Waals surface area contributed by atoms with E-state index in [0.29, 0.717) is 5.92 Å². The Morgan fingerprint density at radius 1 is 1.23 bits per heavy atom. The number of amides is 1. The molecule has 2 aliphatic rings. The van der Waals surface area contributed by atoms with Crippen LogP contribution in [0.15, 0.2) is 48.5 Å². The second-order valence-corrected chi connectivity index (χ2v) is 6.96. The highest BCUT2D eigenvalue weighted by Gasteiger charge is 2.54. The lowest BCUT2D eigenvalue weighted by atomic mass is 9.64. The molecule has 2 aromatic carbocycles. The molecule has 5 heteroatoms. The van der Waals surface area contributed by atoms with Crippen LogP contribution in [0.5, 0.6) is 5.75 Å². The molecule has 1 aliphatic heterocycles. The van der Waals surface area contributed by atoms with Crippen LogP contribution in [0.3, 0.4) is 0 Å². The molecule has 0 unspecified atom stereocenters. The zero-order valence-corrected chi connectivity index (χ0v) is 14.7. The lowest BCUT2D eigenvalue weighted by Gasteiger charge is -2.48. The number of hydrogen-bond donors (Lipinski definition) is 1. The van der Waals surface area contributed by atoms with E-state index in [-0.39, 0.29) is 29.4 Å². The molecule has 1 heterocycles. The van der Waals surface area contributed by atoms with Gasteiger partial charge in [0.2, 0.25) is 0 Å². The fourth-order valence-electron chi connectivity index (χ4n) is 4.29. The van der Waals surface area contributed by atoms with Crippen molar-refractivity contribution < 1.29 is 18.7 Å². The molecule has 2 aromatic rings. The van der Waals surface area contributed by atoms with Gasteiger partial charge in [0.15, 0.2) is 0 Å². The zero-order valence-electron chi connectivity index (χ0n) is 14.7. The average molecular weight is 355 g/mol. The first-order chi connectivity index (χ1) is 12.7. The Morgan fingerprint density at radius 2 is 2.04 bits per heavy atom. The van der Waals surface area contributed by atoms with Gasteiger partial charge in [-0.25, -0.2) is 4.39 Å². The summed E-state index contributed by atoms with van der Waals surface area (Å²) in [6, 6.07) is 14.6.